The summed E-state index contributed by atoms with van der Waals surface area (Å²) in [4.78, 5) is 25.5. The first kappa shape index (κ1) is 15.4. The van der Waals surface area contributed by atoms with Crippen molar-refractivity contribution in [2.45, 2.75) is 0 Å². The van der Waals surface area contributed by atoms with Crippen LogP contribution in [0.1, 0.15) is 9.67 Å². The molecule has 0 aliphatic carbocycles. The monoisotopic (exact) mass is 333 g/mol. The van der Waals surface area contributed by atoms with Crippen LogP contribution in [0.3, 0.4) is 0 Å². The zero-order valence-corrected chi connectivity index (χ0v) is 13.3. The van der Waals surface area contributed by atoms with E-state index < -0.39 is 5.97 Å². The minimum atomic E-state index is -1.04. The third kappa shape index (κ3) is 3.29. The van der Waals surface area contributed by atoms with Crippen LogP contribution in [0.15, 0.2) is 30.3 Å². The molecular weight excluding hydrogens is 318 g/mol. The van der Waals surface area contributed by atoms with E-state index in [1.54, 1.807) is 6.07 Å². The molecule has 2 heterocycles. The second kappa shape index (κ2) is 6.29. The number of carboxylic acid groups (broad SMARTS) is 1. The second-order valence-corrected chi connectivity index (χ2v) is 6.16. The van der Waals surface area contributed by atoms with Crippen molar-refractivity contribution >= 4 is 23.2 Å². The van der Waals surface area contributed by atoms with Gasteiger partial charge in [0.25, 0.3) is 5.91 Å². The van der Waals surface area contributed by atoms with Crippen LogP contribution in [0.5, 0.6) is 11.5 Å². The summed E-state index contributed by atoms with van der Waals surface area (Å²) in [7, 11) is 1.47. The molecule has 0 saturated heterocycles. The summed E-state index contributed by atoms with van der Waals surface area (Å²) in [6.07, 6.45) is 0. The Morgan fingerprint density at radius 2 is 1.91 bits per heavy atom. The van der Waals surface area contributed by atoms with E-state index in [1.807, 2.05) is 24.3 Å². The van der Waals surface area contributed by atoms with Crippen LogP contribution in [0.2, 0.25) is 0 Å². The first-order chi connectivity index (χ1) is 11.0. The molecule has 0 unspecified atom stereocenters. The summed E-state index contributed by atoms with van der Waals surface area (Å²) >= 11 is 1.32. The average Bonchev–Trinajstić information content (AvgIpc) is 3.03. The minimum Gasteiger partial charge on any atom is -0.486 e. The summed E-state index contributed by atoms with van der Waals surface area (Å²) in [5, 5.41) is 8.76. The van der Waals surface area contributed by atoms with Crippen LogP contribution in [-0.2, 0) is 4.79 Å². The third-order valence-electron chi connectivity index (χ3n) is 3.36. The molecule has 2 aromatic rings. The van der Waals surface area contributed by atoms with E-state index in [0.717, 1.165) is 10.4 Å². The van der Waals surface area contributed by atoms with Crippen molar-refractivity contribution < 1.29 is 24.2 Å². The first-order valence-electron chi connectivity index (χ1n) is 7.02. The average molecular weight is 333 g/mol. The lowest BCUT2D eigenvalue weighted by Crippen LogP contribution is -2.31. The molecule has 1 aromatic heterocycles. The van der Waals surface area contributed by atoms with E-state index in [9.17, 15) is 9.59 Å². The van der Waals surface area contributed by atoms with Gasteiger partial charge < -0.3 is 19.5 Å². The topological polar surface area (TPSA) is 76.1 Å². The lowest BCUT2D eigenvalue weighted by Gasteiger charge is -2.18. The number of fused-ring (bicyclic) bond motifs is 1. The van der Waals surface area contributed by atoms with E-state index in [0.29, 0.717) is 29.6 Å². The quantitative estimate of drug-likeness (QED) is 0.929. The highest BCUT2D eigenvalue weighted by molar-refractivity contribution is 7.17. The van der Waals surface area contributed by atoms with Gasteiger partial charge in [-0.2, -0.15) is 0 Å². The van der Waals surface area contributed by atoms with Crippen LogP contribution in [0, 0.1) is 0 Å². The van der Waals surface area contributed by atoms with Gasteiger partial charge in [0.05, 0.1) is 4.88 Å². The second-order valence-electron chi connectivity index (χ2n) is 5.08. The fourth-order valence-corrected chi connectivity index (χ4v) is 3.26. The number of thiophene rings is 1. The highest BCUT2D eigenvalue weighted by Gasteiger charge is 2.18. The van der Waals surface area contributed by atoms with Gasteiger partial charge in [0, 0.05) is 11.9 Å². The highest BCUT2D eigenvalue weighted by atomic mass is 32.1. The maximum atomic E-state index is 12.2. The molecule has 0 bridgehead atoms. The van der Waals surface area contributed by atoms with Crippen LogP contribution in [-0.4, -0.2) is 48.7 Å². The molecule has 0 saturated carbocycles. The van der Waals surface area contributed by atoms with Crippen molar-refractivity contribution in [2.24, 2.45) is 0 Å². The van der Waals surface area contributed by atoms with Gasteiger partial charge in [0.1, 0.15) is 19.8 Å². The first-order valence-corrected chi connectivity index (χ1v) is 7.83. The van der Waals surface area contributed by atoms with Gasteiger partial charge in [-0.05, 0) is 35.9 Å². The number of nitrogens with zero attached hydrogens (tertiary/aromatic N) is 1. The predicted molar refractivity (Wildman–Crippen MR) is 85.3 cm³/mol. The molecule has 1 amide bonds. The molecule has 0 radical (unpaired) electrons. The van der Waals surface area contributed by atoms with Crippen molar-refractivity contribution in [3.8, 4) is 21.9 Å². The summed E-state index contributed by atoms with van der Waals surface area (Å²) in [6, 6.07) is 9.20. The molecule has 6 nitrogen and oxygen atoms in total. The van der Waals surface area contributed by atoms with Crippen LogP contribution in [0.25, 0.3) is 10.4 Å². The molecule has 3 rings (SSSR count). The zero-order valence-electron chi connectivity index (χ0n) is 12.4. The van der Waals surface area contributed by atoms with E-state index >= 15 is 0 Å². The fraction of sp³-hybridized carbons (Fsp3) is 0.250. The normalized spacial score (nSPS) is 12.7. The Morgan fingerprint density at radius 3 is 2.65 bits per heavy atom. The molecule has 23 heavy (non-hydrogen) atoms. The largest absolute Gasteiger partial charge is 0.486 e. The maximum absolute atomic E-state index is 12.2. The minimum absolute atomic E-state index is 0.304. The Kier molecular flexibility index (Phi) is 4.20. The smallest absolute Gasteiger partial charge is 0.323 e. The Balaban J connectivity index is 1.81. The van der Waals surface area contributed by atoms with E-state index in [4.69, 9.17) is 14.6 Å². The summed E-state index contributed by atoms with van der Waals surface area (Å²) in [5.74, 6) is 0.0673. The van der Waals surface area contributed by atoms with Crippen molar-refractivity contribution in [1.82, 2.24) is 4.90 Å². The van der Waals surface area contributed by atoms with Gasteiger partial charge >= 0.3 is 5.97 Å². The van der Waals surface area contributed by atoms with Gasteiger partial charge in [0.2, 0.25) is 0 Å². The summed E-state index contributed by atoms with van der Waals surface area (Å²) in [5.41, 5.74) is 0.930. The van der Waals surface area contributed by atoms with E-state index in [1.165, 1.54) is 23.3 Å². The van der Waals surface area contributed by atoms with Gasteiger partial charge in [0.15, 0.2) is 11.5 Å². The number of likely N-dealkylation sites (N-methyl/N-ethyl adjacent to an activating group) is 1. The zero-order chi connectivity index (χ0) is 16.4. The Bertz CT molecular complexity index is 755. The number of hydrogen-bond acceptors (Lipinski definition) is 5. The number of carbonyl (C=O) groups excluding carboxylic acids is 1. The Labute approximate surface area is 136 Å². The highest BCUT2D eigenvalue weighted by Crippen LogP contribution is 2.37. The number of ether oxygens (including phenoxy) is 2. The lowest BCUT2D eigenvalue weighted by atomic mass is 10.1. The number of benzene rings is 1. The molecule has 0 spiro atoms. The van der Waals surface area contributed by atoms with Gasteiger partial charge in [-0.3, -0.25) is 9.59 Å². The van der Waals surface area contributed by atoms with Crippen LogP contribution < -0.4 is 9.47 Å². The number of rotatable bonds is 4. The number of aliphatic carboxylic acids is 1. The van der Waals surface area contributed by atoms with Gasteiger partial charge in [-0.1, -0.05) is 0 Å². The molecule has 0 fully saturated rings. The molecule has 1 N–H and O–H groups in total. The molecule has 1 aliphatic heterocycles. The van der Waals surface area contributed by atoms with Crippen LogP contribution >= 0.6 is 11.3 Å². The predicted octanol–water partition coefficient (Wildman–Crippen LogP) is 2.34. The SMILES string of the molecule is CN(CC(=O)O)C(=O)c1ccc(-c2ccc3c(c2)OCCO3)s1. The number of carboxylic acids is 1. The number of hydrogen-bond donors (Lipinski definition) is 1. The Hall–Kier alpha value is -2.54. The van der Waals surface area contributed by atoms with Crippen molar-refractivity contribution in [2.75, 3.05) is 26.8 Å². The van der Waals surface area contributed by atoms with Crippen molar-refractivity contribution in [3.05, 3.63) is 35.2 Å². The van der Waals surface area contributed by atoms with E-state index in [2.05, 4.69) is 0 Å². The third-order valence-corrected chi connectivity index (χ3v) is 4.48. The molecule has 120 valence electrons. The summed E-state index contributed by atoms with van der Waals surface area (Å²) < 4.78 is 11.0. The lowest BCUT2D eigenvalue weighted by molar-refractivity contribution is -0.137. The molecule has 1 aliphatic rings. The van der Waals surface area contributed by atoms with E-state index in [-0.39, 0.29) is 12.5 Å². The van der Waals surface area contributed by atoms with Crippen LogP contribution in [0.4, 0.5) is 0 Å². The fourth-order valence-electron chi connectivity index (χ4n) is 2.27. The number of amides is 1. The van der Waals surface area contributed by atoms with Gasteiger partial charge in [-0.25, -0.2) is 0 Å². The van der Waals surface area contributed by atoms with Crippen molar-refractivity contribution in [3.63, 3.8) is 0 Å². The number of carbonyl (C=O) groups is 2. The molecule has 7 heteroatoms. The molecular formula is C16H15NO5S. The maximum Gasteiger partial charge on any atom is 0.323 e. The standard InChI is InChI=1S/C16H15NO5S/c1-17(9-15(18)19)16(20)14-5-4-13(23-14)10-2-3-11-12(8-10)22-7-6-21-11/h2-5,8H,6-7,9H2,1H3,(H,18,19). The van der Waals surface area contributed by atoms with Crippen molar-refractivity contribution in [1.29, 1.82) is 0 Å². The Morgan fingerprint density at radius 1 is 1.17 bits per heavy atom. The van der Waals surface area contributed by atoms with Gasteiger partial charge in [-0.15, -0.1) is 11.3 Å². The summed E-state index contributed by atoms with van der Waals surface area (Å²) in [6.45, 7) is 0.737. The molecule has 1 aromatic carbocycles. The molecule has 0 atom stereocenters.